The molecule has 1 fully saturated rings. The van der Waals surface area contributed by atoms with Crippen LogP contribution < -0.4 is 4.74 Å². The summed E-state index contributed by atoms with van der Waals surface area (Å²) in [5.74, 6) is -0.369. The monoisotopic (exact) mass is 292 g/mol. The van der Waals surface area contributed by atoms with E-state index in [4.69, 9.17) is 4.74 Å². The summed E-state index contributed by atoms with van der Waals surface area (Å²) in [6, 6.07) is 0. The lowest BCUT2D eigenvalue weighted by molar-refractivity contribution is -0.144. The van der Waals surface area contributed by atoms with Crippen LogP contribution in [0.1, 0.15) is 51.6 Å². The molecule has 1 heterocycles. The lowest BCUT2D eigenvalue weighted by Gasteiger charge is -2.40. The van der Waals surface area contributed by atoms with Gasteiger partial charge >= 0.3 is 5.97 Å². The maximum Gasteiger partial charge on any atom is 0.307 e. The van der Waals surface area contributed by atoms with Crippen molar-refractivity contribution in [2.75, 3.05) is 7.11 Å². The van der Waals surface area contributed by atoms with Gasteiger partial charge in [-0.3, -0.25) is 9.78 Å². The lowest BCUT2D eigenvalue weighted by Crippen LogP contribution is -2.34. The second-order valence-electron chi connectivity index (χ2n) is 6.88. The Morgan fingerprint density at radius 3 is 2.52 bits per heavy atom. The van der Waals surface area contributed by atoms with E-state index in [1.807, 2.05) is 0 Å². The molecule has 2 rings (SSSR count). The van der Waals surface area contributed by atoms with Crippen LogP contribution in [0.4, 0.5) is 0 Å². The van der Waals surface area contributed by atoms with E-state index < -0.39 is 11.9 Å². The molecule has 0 aromatic carbocycles. The van der Waals surface area contributed by atoms with Gasteiger partial charge in [-0.1, -0.05) is 20.8 Å². The minimum Gasteiger partial charge on any atom is -0.481 e. The summed E-state index contributed by atoms with van der Waals surface area (Å²) in [5, 5.41) is 9.53. The number of carboxylic acids is 1. The van der Waals surface area contributed by atoms with Crippen LogP contribution in [0.5, 0.6) is 5.88 Å². The molecule has 0 spiro atoms. The third-order valence-corrected chi connectivity index (χ3v) is 4.63. The fourth-order valence-electron chi connectivity index (χ4n) is 3.30. The zero-order chi connectivity index (χ0) is 15.6. The number of nitrogens with zero attached hydrogens (tertiary/aromatic N) is 2. The summed E-state index contributed by atoms with van der Waals surface area (Å²) in [7, 11) is 1.55. The summed E-state index contributed by atoms with van der Waals surface area (Å²) in [6.45, 7) is 6.64. The third-order valence-electron chi connectivity index (χ3n) is 4.63. The average Bonchev–Trinajstić information content (AvgIpc) is 2.45. The Hall–Kier alpha value is -1.65. The SMILES string of the molecule is COc1nccnc1C1CC(C(C)(C)C)CCC1C(=O)O. The van der Waals surface area contributed by atoms with Crippen LogP contribution in [0.2, 0.25) is 0 Å². The van der Waals surface area contributed by atoms with Crippen LogP contribution >= 0.6 is 0 Å². The molecule has 3 atom stereocenters. The second kappa shape index (κ2) is 6.00. The minimum atomic E-state index is -0.750. The fraction of sp³-hybridized carbons (Fsp3) is 0.688. The first-order chi connectivity index (χ1) is 9.84. The fourth-order valence-corrected chi connectivity index (χ4v) is 3.30. The Bertz CT molecular complexity index is 510. The van der Waals surface area contributed by atoms with Crippen molar-refractivity contribution < 1.29 is 14.6 Å². The van der Waals surface area contributed by atoms with Gasteiger partial charge in [-0.25, -0.2) is 4.98 Å². The van der Waals surface area contributed by atoms with Gasteiger partial charge in [0.05, 0.1) is 13.0 Å². The van der Waals surface area contributed by atoms with Gasteiger partial charge in [0, 0.05) is 18.3 Å². The Kier molecular flexibility index (Phi) is 4.49. The molecule has 0 bridgehead atoms. The number of methoxy groups -OCH3 is 1. The van der Waals surface area contributed by atoms with Gasteiger partial charge in [0.2, 0.25) is 5.88 Å². The van der Waals surface area contributed by atoms with E-state index in [0.29, 0.717) is 23.9 Å². The zero-order valence-electron chi connectivity index (χ0n) is 13.2. The molecule has 1 aromatic heterocycles. The first-order valence-electron chi connectivity index (χ1n) is 7.42. The lowest BCUT2D eigenvalue weighted by atomic mass is 9.65. The van der Waals surface area contributed by atoms with E-state index in [2.05, 4.69) is 30.7 Å². The number of carboxylic acid groups (broad SMARTS) is 1. The topological polar surface area (TPSA) is 72.3 Å². The van der Waals surface area contributed by atoms with Crippen molar-refractivity contribution in [3.05, 3.63) is 18.1 Å². The highest BCUT2D eigenvalue weighted by Gasteiger charge is 2.41. The van der Waals surface area contributed by atoms with Crippen LogP contribution in [0.25, 0.3) is 0 Å². The third kappa shape index (κ3) is 3.34. The Labute approximate surface area is 125 Å². The number of hydrogen-bond donors (Lipinski definition) is 1. The number of rotatable bonds is 3. The van der Waals surface area contributed by atoms with Gasteiger partial charge in [-0.05, 0) is 30.6 Å². The standard InChI is InChI=1S/C16H24N2O3/c1-16(2,3)10-5-6-11(15(19)20)12(9-10)13-14(21-4)18-8-7-17-13/h7-8,10-12H,5-6,9H2,1-4H3,(H,19,20). The smallest absolute Gasteiger partial charge is 0.307 e. The van der Waals surface area contributed by atoms with Crippen molar-refractivity contribution in [1.29, 1.82) is 0 Å². The van der Waals surface area contributed by atoms with Gasteiger partial charge in [0.1, 0.15) is 5.69 Å². The highest BCUT2D eigenvalue weighted by Crippen LogP contribution is 2.47. The van der Waals surface area contributed by atoms with Crippen LogP contribution in [-0.4, -0.2) is 28.2 Å². The minimum absolute atomic E-state index is 0.135. The highest BCUT2D eigenvalue weighted by molar-refractivity contribution is 5.71. The zero-order valence-corrected chi connectivity index (χ0v) is 13.2. The van der Waals surface area contributed by atoms with Gasteiger partial charge < -0.3 is 9.84 Å². The van der Waals surface area contributed by atoms with E-state index >= 15 is 0 Å². The molecule has 21 heavy (non-hydrogen) atoms. The molecule has 1 N–H and O–H groups in total. The van der Waals surface area contributed by atoms with Gasteiger partial charge in [-0.15, -0.1) is 0 Å². The largest absolute Gasteiger partial charge is 0.481 e. The van der Waals surface area contributed by atoms with Crippen molar-refractivity contribution >= 4 is 5.97 Å². The molecule has 0 saturated heterocycles. The first kappa shape index (κ1) is 15.7. The Balaban J connectivity index is 2.36. The van der Waals surface area contributed by atoms with E-state index in [1.54, 1.807) is 19.5 Å². The molecular formula is C16H24N2O3. The summed E-state index contributed by atoms with van der Waals surface area (Å²) in [5.41, 5.74) is 0.846. The summed E-state index contributed by atoms with van der Waals surface area (Å²) in [6.07, 6.45) is 5.62. The molecule has 0 aliphatic heterocycles. The number of carbonyl (C=O) groups is 1. The molecular weight excluding hydrogens is 268 g/mol. The van der Waals surface area contributed by atoms with Crippen molar-refractivity contribution in [2.45, 2.75) is 46.0 Å². The Morgan fingerprint density at radius 1 is 1.29 bits per heavy atom. The molecule has 0 radical (unpaired) electrons. The molecule has 1 aliphatic carbocycles. The molecule has 5 heteroatoms. The van der Waals surface area contributed by atoms with Crippen LogP contribution in [0.3, 0.4) is 0 Å². The molecule has 1 saturated carbocycles. The average molecular weight is 292 g/mol. The number of aromatic nitrogens is 2. The van der Waals surface area contributed by atoms with E-state index in [-0.39, 0.29) is 11.3 Å². The van der Waals surface area contributed by atoms with E-state index in [0.717, 1.165) is 12.8 Å². The van der Waals surface area contributed by atoms with Gasteiger partial charge in [0.25, 0.3) is 0 Å². The van der Waals surface area contributed by atoms with E-state index in [9.17, 15) is 9.90 Å². The maximum absolute atomic E-state index is 11.6. The van der Waals surface area contributed by atoms with Gasteiger partial charge in [-0.2, -0.15) is 0 Å². The summed E-state index contributed by atoms with van der Waals surface area (Å²) >= 11 is 0. The molecule has 116 valence electrons. The number of aliphatic carboxylic acids is 1. The maximum atomic E-state index is 11.6. The second-order valence-corrected chi connectivity index (χ2v) is 6.88. The predicted molar refractivity (Wildman–Crippen MR) is 79.2 cm³/mol. The molecule has 1 aliphatic rings. The van der Waals surface area contributed by atoms with Crippen LogP contribution in [0.15, 0.2) is 12.4 Å². The normalized spacial score (nSPS) is 26.4. The summed E-state index contributed by atoms with van der Waals surface area (Å²) in [4.78, 5) is 20.2. The van der Waals surface area contributed by atoms with Crippen LogP contribution in [-0.2, 0) is 4.79 Å². The van der Waals surface area contributed by atoms with Crippen molar-refractivity contribution in [1.82, 2.24) is 9.97 Å². The number of hydrogen-bond acceptors (Lipinski definition) is 4. The number of ether oxygens (including phenoxy) is 1. The van der Waals surface area contributed by atoms with Crippen molar-refractivity contribution in [2.24, 2.45) is 17.3 Å². The molecule has 3 unspecified atom stereocenters. The Morgan fingerprint density at radius 2 is 1.95 bits per heavy atom. The highest BCUT2D eigenvalue weighted by atomic mass is 16.5. The predicted octanol–water partition coefficient (Wildman–Crippen LogP) is 3.12. The summed E-state index contributed by atoms with van der Waals surface area (Å²) < 4.78 is 5.28. The molecule has 5 nitrogen and oxygen atoms in total. The van der Waals surface area contributed by atoms with Gasteiger partial charge in [0.15, 0.2) is 0 Å². The van der Waals surface area contributed by atoms with Crippen molar-refractivity contribution in [3.63, 3.8) is 0 Å². The quantitative estimate of drug-likeness (QED) is 0.926. The van der Waals surface area contributed by atoms with Crippen LogP contribution in [0, 0.1) is 17.3 Å². The molecule has 1 aromatic rings. The first-order valence-corrected chi connectivity index (χ1v) is 7.42. The van der Waals surface area contributed by atoms with E-state index in [1.165, 1.54) is 0 Å². The molecule has 0 amide bonds. The van der Waals surface area contributed by atoms with Crippen molar-refractivity contribution in [3.8, 4) is 5.88 Å².